The molecule has 1 aliphatic carbocycles. The van der Waals surface area contributed by atoms with Gasteiger partial charge in [-0.15, -0.1) is 0 Å². The molecule has 146 valence electrons. The summed E-state index contributed by atoms with van der Waals surface area (Å²) in [4.78, 5) is 39.1. The summed E-state index contributed by atoms with van der Waals surface area (Å²) in [6.45, 7) is 2.07. The minimum atomic E-state index is -0.00944. The molecule has 2 aliphatic rings. The van der Waals surface area contributed by atoms with E-state index in [1.54, 1.807) is 6.20 Å². The molecule has 0 radical (unpaired) electrons. The van der Waals surface area contributed by atoms with Crippen molar-refractivity contribution in [1.29, 1.82) is 0 Å². The van der Waals surface area contributed by atoms with Crippen LogP contribution in [0.25, 0.3) is 11.5 Å². The van der Waals surface area contributed by atoms with E-state index in [9.17, 15) is 9.59 Å². The van der Waals surface area contributed by atoms with Gasteiger partial charge in [-0.05, 0) is 44.2 Å². The van der Waals surface area contributed by atoms with Gasteiger partial charge in [-0.3, -0.25) is 19.5 Å². The number of amides is 2. The number of carbonyl (C=O) groups is 2. The first-order valence-electron chi connectivity index (χ1n) is 10.0. The largest absolute Gasteiger partial charge is 0.367 e. The summed E-state index contributed by atoms with van der Waals surface area (Å²) in [6, 6.07) is 8.04. The molecule has 1 saturated carbocycles. The highest BCUT2D eigenvalue weighted by Gasteiger charge is 2.36. The second kappa shape index (κ2) is 8.04. The number of hydrogen-bond acceptors (Lipinski definition) is 6. The number of anilines is 1. The Balaban J connectivity index is 1.44. The van der Waals surface area contributed by atoms with Gasteiger partial charge in [0.05, 0.1) is 0 Å². The summed E-state index contributed by atoms with van der Waals surface area (Å²) in [5.74, 6) is 1.42. The Morgan fingerprint density at radius 3 is 2.46 bits per heavy atom. The van der Waals surface area contributed by atoms with Crippen LogP contribution >= 0.6 is 0 Å². The number of carbonyl (C=O) groups excluding carboxylic acids is 2. The van der Waals surface area contributed by atoms with E-state index in [-0.39, 0.29) is 23.9 Å². The summed E-state index contributed by atoms with van der Waals surface area (Å²) >= 11 is 0. The van der Waals surface area contributed by atoms with Crippen molar-refractivity contribution in [1.82, 2.24) is 19.9 Å². The molecule has 1 aliphatic heterocycles. The number of rotatable bonds is 5. The second-order valence-corrected chi connectivity index (χ2v) is 7.44. The molecule has 0 aromatic carbocycles. The first-order valence-corrected chi connectivity index (χ1v) is 10.0. The zero-order chi connectivity index (χ0) is 19.5. The molecular formula is C21H25N5O2. The third kappa shape index (κ3) is 3.88. The van der Waals surface area contributed by atoms with Gasteiger partial charge in [-0.25, -0.2) is 9.97 Å². The molecule has 1 saturated heterocycles. The van der Waals surface area contributed by atoms with E-state index in [1.165, 1.54) is 4.90 Å². The standard InChI is InChI=1S/C21H25N5O2/c1-2-14-13-18(25-21(24-14)17-5-3-4-12-22-17)23-15-6-8-16(9-7-15)26-19(27)10-11-20(26)28/h3-5,12-13,15-16H,2,6-11H2,1H3,(H,23,24,25). The van der Waals surface area contributed by atoms with Crippen molar-refractivity contribution >= 4 is 17.6 Å². The van der Waals surface area contributed by atoms with Crippen LogP contribution in [0.4, 0.5) is 5.82 Å². The molecule has 2 amide bonds. The Morgan fingerprint density at radius 1 is 1.07 bits per heavy atom. The van der Waals surface area contributed by atoms with Crippen LogP contribution in [0, 0.1) is 0 Å². The van der Waals surface area contributed by atoms with E-state index in [4.69, 9.17) is 0 Å². The fraction of sp³-hybridized carbons (Fsp3) is 0.476. The highest BCUT2D eigenvalue weighted by atomic mass is 16.2. The van der Waals surface area contributed by atoms with Crippen molar-refractivity contribution in [3.05, 3.63) is 36.2 Å². The van der Waals surface area contributed by atoms with Crippen molar-refractivity contribution in [2.24, 2.45) is 0 Å². The minimum absolute atomic E-state index is 0.00944. The smallest absolute Gasteiger partial charge is 0.229 e. The third-order valence-corrected chi connectivity index (χ3v) is 5.54. The van der Waals surface area contributed by atoms with Gasteiger partial charge in [-0.2, -0.15) is 0 Å². The van der Waals surface area contributed by atoms with Crippen LogP contribution in [-0.4, -0.2) is 43.7 Å². The molecule has 1 N–H and O–H groups in total. The summed E-state index contributed by atoms with van der Waals surface area (Å²) in [6.07, 6.45) is 6.80. The lowest BCUT2D eigenvalue weighted by Gasteiger charge is -2.34. The Labute approximate surface area is 164 Å². The average molecular weight is 379 g/mol. The van der Waals surface area contributed by atoms with Crippen LogP contribution in [0.2, 0.25) is 0 Å². The number of nitrogens with zero attached hydrogens (tertiary/aromatic N) is 4. The zero-order valence-corrected chi connectivity index (χ0v) is 16.1. The van der Waals surface area contributed by atoms with Gasteiger partial charge < -0.3 is 5.32 Å². The average Bonchev–Trinajstić information content (AvgIpc) is 3.07. The number of nitrogens with one attached hydrogen (secondary N) is 1. The molecule has 0 spiro atoms. The van der Waals surface area contributed by atoms with Crippen molar-refractivity contribution in [2.75, 3.05) is 5.32 Å². The summed E-state index contributed by atoms with van der Waals surface area (Å²) in [5, 5.41) is 3.53. The SMILES string of the molecule is CCc1cc(NC2CCC(N3C(=O)CCC3=O)CC2)nc(-c2ccccn2)n1. The first kappa shape index (κ1) is 18.5. The van der Waals surface area contributed by atoms with Crippen LogP contribution in [0.1, 0.15) is 51.1 Å². The summed E-state index contributed by atoms with van der Waals surface area (Å²) < 4.78 is 0. The maximum atomic E-state index is 12.0. The van der Waals surface area contributed by atoms with Gasteiger partial charge in [0.2, 0.25) is 11.8 Å². The van der Waals surface area contributed by atoms with Crippen LogP contribution in [-0.2, 0) is 16.0 Å². The van der Waals surface area contributed by atoms with E-state index in [1.807, 2.05) is 24.3 Å². The molecule has 0 bridgehead atoms. The van der Waals surface area contributed by atoms with Gasteiger partial charge in [0.15, 0.2) is 5.82 Å². The molecule has 4 rings (SSSR count). The lowest BCUT2D eigenvalue weighted by molar-refractivity contribution is -0.141. The predicted octanol–water partition coefficient (Wildman–Crippen LogP) is 2.97. The number of aryl methyl sites for hydroxylation is 1. The topological polar surface area (TPSA) is 88.1 Å². The van der Waals surface area contributed by atoms with Gasteiger partial charge in [0, 0.05) is 42.9 Å². The fourth-order valence-corrected chi connectivity index (χ4v) is 4.05. The van der Waals surface area contributed by atoms with Crippen molar-refractivity contribution in [3.63, 3.8) is 0 Å². The Morgan fingerprint density at radius 2 is 1.82 bits per heavy atom. The van der Waals surface area contributed by atoms with Crippen molar-refractivity contribution < 1.29 is 9.59 Å². The molecular weight excluding hydrogens is 354 g/mol. The number of likely N-dealkylation sites (tertiary alicyclic amines) is 1. The zero-order valence-electron chi connectivity index (χ0n) is 16.1. The van der Waals surface area contributed by atoms with Gasteiger partial charge in [0.1, 0.15) is 11.5 Å². The molecule has 7 heteroatoms. The minimum Gasteiger partial charge on any atom is -0.367 e. The van der Waals surface area contributed by atoms with E-state index >= 15 is 0 Å². The lowest BCUT2D eigenvalue weighted by Crippen LogP contribution is -2.43. The number of aromatic nitrogens is 3. The quantitative estimate of drug-likeness (QED) is 0.804. The maximum Gasteiger partial charge on any atom is 0.229 e. The molecule has 2 aromatic rings. The Bertz CT molecular complexity index is 846. The fourth-order valence-electron chi connectivity index (χ4n) is 4.05. The summed E-state index contributed by atoms with van der Waals surface area (Å²) in [7, 11) is 0. The van der Waals surface area contributed by atoms with Crippen molar-refractivity contribution in [2.45, 2.75) is 64.0 Å². The molecule has 0 unspecified atom stereocenters. The van der Waals surface area contributed by atoms with Gasteiger partial charge >= 0.3 is 0 Å². The Kier molecular flexibility index (Phi) is 5.32. The second-order valence-electron chi connectivity index (χ2n) is 7.44. The molecule has 3 heterocycles. The first-order chi connectivity index (χ1) is 13.6. The van der Waals surface area contributed by atoms with Crippen molar-refractivity contribution in [3.8, 4) is 11.5 Å². The molecule has 2 fully saturated rings. The van der Waals surface area contributed by atoms with E-state index in [0.29, 0.717) is 18.7 Å². The van der Waals surface area contributed by atoms with Crippen LogP contribution in [0.15, 0.2) is 30.5 Å². The highest BCUT2D eigenvalue weighted by Crippen LogP contribution is 2.29. The van der Waals surface area contributed by atoms with Crippen LogP contribution in [0.5, 0.6) is 0 Å². The molecule has 7 nitrogen and oxygen atoms in total. The van der Waals surface area contributed by atoms with Crippen LogP contribution in [0.3, 0.4) is 0 Å². The number of imide groups is 1. The molecule has 0 atom stereocenters. The van der Waals surface area contributed by atoms with E-state index < -0.39 is 0 Å². The Hall–Kier alpha value is -2.83. The maximum absolute atomic E-state index is 12.0. The number of pyridine rings is 1. The van der Waals surface area contributed by atoms with Gasteiger partial charge in [0.25, 0.3) is 0 Å². The monoisotopic (exact) mass is 379 g/mol. The van der Waals surface area contributed by atoms with Gasteiger partial charge in [-0.1, -0.05) is 13.0 Å². The summed E-state index contributed by atoms with van der Waals surface area (Å²) in [5.41, 5.74) is 1.73. The lowest BCUT2D eigenvalue weighted by atomic mass is 9.90. The van der Waals surface area contributed by atoms with E-state index in [2.05, 4.69) is 27.2 Å². The predicted molar refractivity (Wildman–Crippen MR) is 105 cm³/mol. The molecule has 28 heavy (non-hydrogen) atoms. The third-order valence-electron chi connectivity index (χ3n) is 5.54. The number of hydrogen-bond donors (Lipinski definition) is 1. The molecule has 2 aromatic heterocycles. The van der Waals surface area contributed by atoms with E-state index in [0.717, 1.165) is 49.3 Å². The van der Waals surface area contributed by atoms with Crippen LogP contribution < -0.4 is 5.32 Å². The normalized spacial score (nSPS) is 22.5. The highest BCUT2D eigenvalue weighted by molar-refractivity contribution is 6.02.